The molecule has 1 aliphatic rings. The SMILES string of the molecule is COc1cc2c(c(OC)c1OC)-c1ccc(SC)c(=O)cc1[C@@H](NC(=O)c1cccc(CON(O)O)c1Br)CC2. The Balaban J connectivity index is 1.85. The third-order valence-electron chi connectivity index (χ3n) is 6.68. The summed E-state index contributed by atoms with van der Waals surface area (Å²) in [6.45, 7) is -0.188. The van der Waals surface area contributed by atoms with Crippen LogP contribution < -0.4 is 25.0 Å². The van der Waals surface area contributed by atoms with E-state index in [2.05, 4.69) is 21.2 Å². The number of nitrogens with zero attached hydrogens (tertiary/aromatic N) is 1. The van der Waals surface area contributed by atoms with Crippen LogP contribution >= 0.6 is 27.7 Å². The number of methoxy groups -OCH3 is 3. The van der Waals surface area contributed by atoms with Gasteiger partial charge in [0.25, 0.3) is 5.91 Å². The molecule has 0 aliphatic heterocycles. The van der Waals surface area contributed by atoms with E-state index < -0.39 is 6.04 Å². The lowest BCUT2D eigenvalue weighted by Gasteiger charge is -2.20. The zero-order valence-electron chi connectivity index (χ0n) is 22.3. The number of amides is 1. The topological polar surface area (TPSA) is 127 Å². The molecular formula is C28H29BrN2O8S. The van der Waals surface area contributed by atoms with Gasteiger partial charge in [0.1, 0.15) is 0 Å². The Morgan fingerprint density at radius 3 is 2.50 bits per heavy atom. The monoisotopic (exact) mass is 632 g/mol. The van der Waals surface area contributed by atoms with Gasteiger partial charge in [-0.3, -0.25) is 20.0 Å². The summed E-state index contributed by atoms with van der Waals surface area (Å²) < 4.78 is 17.5. The molecule has 0 heterocycles. The van der Waals surface area contributed by atoms with Crippen molar-refractivity contribution in [2.24, 2.45) is 0 Å². The summed E-state index contributed by atoms with van der Waals surface area (Å²) in [4.78, 5) is 32.0. The summed E-state index contributed by atoms with van der Waals surface area (Å²) in [6, 6.07) is 11.6. The van der Waals surface area contributed by atoms with E-state index in [4.69, 9.17) is 29.5 Å². The summed E-state index contributed by atoms with van der Waals surface area (Å²) in [7, 11) is 4.65. The molecule has 1 amide bonds. The zero-order chi connectivity index (χ0) is 29.0. The van der Waals surface area contributed by atoms with Crippen molar-refractivity contribution in [2.75, 3.05) is 27.6 Å². The fourth-order valence-electron chi connectivity index (χ4n) is 4.85. The van der Waals surface area contributed by atoms with Gasteiger partial charge in [0, 0.05) is 10.0 Å². The number of ether oxygens (including phenoxy) is 3. The van der Waals surface area contributed by atoms with Crippen molar-refractivity contribution in [2.45, 2.75) is 30.4 Å². The number of halogens is 1. The second kappa shape index (κ2) is 13.0. The number of benzene rings is 2. The molecule has 3 aromatic carbocycles. The number of nitrogens with one attached hydrogen (secondary N) is 1. The number of carbonyl (C=O) groups is 1. The molecule has 212 valence electrons. The maximum atomic E-state index is 13.6. The van der Waals surface area contributed by atoms with E-state index in [1.165, 1.54) is 18.9 Å². The first-order valence-corrected chi connectivity index (χ1v) is 14.2. The maximum absolute atomic E-state index is 13.6. The molecule has 0 fully saturated rings. The average Bonchev–Trinajstić information content (AvgIpc) is 3.19. The number of fused-ring (bicyclic) bond motifs is 3. The van der Waals surface area contributed by atoms with Crippen LogP contribution in [0.3, 0.4) is 0 Å². The van der Waals surface area contributed by atoms with Gasteiger partial charge in [-0.15, -0.1) is 11.8 Å². The minimum absolute atomic E-state index is 0.159. The third-order valence-corrected chi connectivity index (χ3v) is 8.40. The van der Waals surface area contributed by atoms with E-state index in [1.807, 2.05) is 18.4 Å². The molecule has 0 unspecified atom stereocenters. The summed E-state index contributed by atoms with van der Waals surface area (Å²) in [5.74, 6) is 1.05. The standard InChI is InChI=1S/C28H29BrN2O8S/c1-36-22-12-15-8-10-20(30-28(33)18-7-5-6-16(25(18)29)14-39-31(34)35)19-13-21(32)23(40-4)11-9-17(19)24(15)27(38-3)26(22)37-2/h5-7,9,11-13,20,34-35H,8,10,14H2,1-4H3,(H,30,33)/t20-/m0/s1. The first-order chi connectivity index (χ1) is 19.2. The van der Waals surface area contributed by atoms with Crippen molar-refractivity contribution < 1.29 is 34.3 Å². The molecule has 1 atom stereocenters. The normalized spacial score (nSPS) is 14.2. The number of hydrogen-bond donors (Lipinski definition) is 3. The molecule has 4 rings (SSSR count). The highest BCUT2D eigenvalue weighted by atomic mass is 79.9. The van der Waals surface area contributed by atoms with Crippen molar-refractivity contribution in [3.63, 3.8) is 0 Å². The third kappa shape index (κ3) is 5.97. The van der Waals surface area contributed by atoms with E-state index in [1.54, 1.807) is 44.6 Å². The fourth-order valence-corrected chi connectivity index (χ4v) is 5.87. The molecule has 0 saturated heterocycles. The van der Waals surface area contributed by atoms with Gasteiger partial charge in [-0.2, -0.15) is 0 Å². The number of hydrogen-bond acceptors (Lipinski definition) is 10. The molecule has 0 radical (unpaired) electrons. The van der Waals surface area contributed by atoms with Gasteiger partial charge in [-0.05, 0) is 81.5 Å². The number of carbonyl (C=O) groups excluding carboxylic acids is 1. The first-order valence-electron chi connectivity index (χ1n) is 12.2. The Labute approximate surface area is 243 Å². The zero-order valence-corrected chi connectivity index (χ0v) is 24.7. The minimum atomic E-state index is -0.524. The molecule has 0 spiro atoms. The predicted molar refractivity (Wildman–Crippen MR) is 152 cm³/mol. The van der Waals surface area contributed by atoms with Crippen LogP contribution in [0.1, 0.15) is 39.5 Å². The van der Waals surface area contributed by atoms with Crippen molar-refractivity contribution >= 4 is 33.6 Å². The van der Waals surface area contributed by atoms with Crippen LogP contribution in [0, 0.1) is 0 Å². The van der Waals surface area contributed by atoms with Crippen LogP contribution in [-0.2, 0) is 17.9 Å². The Morgan fingerprint density at radius 1 is 1.10 bits per heavy atom. The van der Waals surface area contributed by atoms with Crippen LogP contribution in [-0.4, -0.2) is 49.3 Å². The summed E-state index contributed by atoms with van der Waals surface area (Å²) in [5.41, 5.74) is 3.77. The Kier molecular flexibility index (Phi) is 9.72. The van der Waals surface area contributed by atoms with Gasteiger partial charge < -0.3 is 19.5 Å². The molecule has 0 aromatic heterocycles. The van der Waals surface area contributed by atoms with Crippen molar-refractivity contribution in [3.8, 4) is 28.4 Å². The smallest absolute Gasteiger partial charge is 0.252 e. The van der Waals surface area contributed by atoms with Gasteiger partial charge in [-0.1, -0.05) is 18.2 Å². The van der Waals surface area contributed by atoms with Gasteiger partial charge >= 0.3 is 0 Å². The second-order valence-electron chi connectivity index (χ2n) is 8.83. The molecule has 1 aliphatic carbocycles. The predicted octanol–water partition coefficient (Wildman–Crippen LogP) is 5.15. The van der Waals surface area contributed by atoms with Crippen molar-refractivity contribution in [3.05, 3.63) is 79.4 Å². The van der Waals surface area contributed by atoms with Crippen molar-refractivity contribution in [1.82, 2.24) is 10.7 Å². The molecular weight excluding hydrogens is 604 g/mol. The molecule has 0 saturated carbocycles. The van der Waals surface area contributed by atoms with Crippen LogP contribution in [0.15, 0.2) is 56.6 Å². The van der Waals surface area contributed by atoms with Crippen LogP contribution in [0.2, 0.25) is 0 Å². The fraction of sp³-hybridized carbons (Fsp3) is 0.286. The molecule has 3 aromatic rings. The van der Waals surface area contributed by atoms with E-state index >= 15 is 0 Å². The Bertz CT molecular complexity index is 1480. The average molecular weight is 634 g/mol. The summed E-state index contributed by atoms with van der Waals surface area (Å²) >= 11 is 4.78. The van der Waals surface area contributed by atoms with Gasteiger partial charge in [0.05, 0.1) is 49.8 Å². The molecule has 10 nitrogen and oxygen atoms in total. The van der Waals surface area contributed by atoms with E-state index in [-0.39, 0.29) is 23.3 Å². The highest BCUT2D eigenvalue weighted by Crippen LogP contribution is 2.50. The maximum Gasteiger partial charge on any atom is 0.252 e. The quantitative estimate of drug-likeness (QED) is 0.215. The molecule has 40 heavy (non-hydrogen) atoms. The summed E-state index contributed by atoms with van der Waals surface area (Å²) in [6.07, 6.45) is 2.88. The number of thioether (sulfide) groups is 1. The Morgan fingerprint density at radius 2 is 1.85 bits per heavy atom. The number of aryl methyl sites for hydroxylation is 1. The van der Waals surface area contributed by atoms with E-state index in [0.717, 1.165) is 16.7 Å². The molecule has 12 heteroatoms. The second-order valence-corrected chi connectivity index (χ2v) is 10.5. The highest BCUT2D eigenvalue weighted by molar-refractivity contribution is 9.10. The first kappa shape index (κ1) is 29.8. The Hall–Kier alpha value is -3.13. The molecule has 0 bridgehead atoms. The molecule has 3 N–H and O–H groups in total. The van der Waals surface area contributed by atoms with Crippen LogP contribution in [0.4, 0.5) is 0 Å². The van der Waals surface area contributed by atoms with Gasteiger partial charge in [0.2, 0.25) is 5.75 Å². The van der Waals surface area contributed by atoms with Gasteiger partial charge in [-0.25, -0.2) is 4.84 Å². The lowest BCUT2D eigenvalue weighted by atomic mass is 9.95. The lowest BCUT2D eigenvalue weighted by Crippen LogP contribution is -2.29. The number of rotatable bonds is 9. The minimum Gasteiger partial charge on any atom is -0.493 e. The largest absolute Gasteiger partial charge is 0.493 e. The summed E-state index contributed by atoms with van der Waals surface area (Å²) in [5, 5.41) is 20.5. The van der Waals surface area contributed by atoms with Gasteiger partial charge in [0.15, 0.2) is 16.9 Å². The van der Waals surface area contributed by atoms with E-state index in [9.17, 15) is 9.59 Å². The van der Waals surface area contributed by atoms with Crippen LogP contribution in [0.25, 0.3) is 11.1 Å². The highest BCUT2D eigenvalue weighted by Gasteiger charge is 2.30. The van der Waals surface area contributed by atoms with Crippen LogP contribution in [0.5, 0.6) is 17.2 Å². The van der Waals surface area contributed by atoms with Crippen molar-refractivity contribution in [1.29, 1.82) is 0 Å². The lowest BCUT2D eigenvalue weighted by molar-refractivity contribution is -0.497. The van der Waals surface area contributed by atoms with E-state index in [0.29, 0.717) is 56.1 Å².